The number of nitrogens with zero attached hydrogens (tertiary/aromatic N) is 1. The van der Waals surface area contributed by atoms with Gasteiger partial charge >= 0.3 is 5.97 Å². The summed E-state index contributed by atoms with van der Waals surface area (Å²) in [6, 6.07) is 5.62. The van der Waals surface area contributed by atoms with E-state index in [1.54, 1.807) is 12.1 Å². The SMILES string of the molecule is Cc1cc(C)cc(OC(=O)CCN2C(=O)[C@@H]3[C@H]4C=C[C@@H]([C@@H]5C[C@@H]45)[C@@H]3C2=O)c1. The van der Waals surface area contributed by atoms with Crippen LogP contribution in [-0.4, -0.2) is 29.2 Å². The first-order chi connectivity index (χ1) is 12.9. The minimum atomic E-state index is -0.417. The van der Waals surface area contributed by atoms with Crippen LogP contribution in [0.15, 0.2) is 30.4 Å². The molecular weight excluding hydrogens is 342 g/mol. The molecule has 1 heterocycles. The summed E-state index contributed by atoms with van der Waals surface area (Å²) in [7, 11) is 0. The van der Waals surface area contributed by atoms with Gasteiger partial charge in [0.05, 0.1) is 18.3 Å². The van der Waals surface area contributed by atoms with E-state index in [2.05, 4.69) is 12.2 Å². The van der Waals surface area contributed by atoms with E-state index in [4.69, 9.17) is 4.74 Å². The average molecular weight is 365 g/mol. The van der Waals surface area contributed by atoms with Crippen molar-refractivity contribution in [3.63, 3.8) is 0 Å². The summed E-state index contributed by atoms with van der Waals surface area (Å²) < 4.78 is 5.40. The fourth-order valence-corrected chi connectivity index (χ4v) is 5.62. The average Bonchev–Trinajstić information content (AvgIpc) is 3.38. The van der Waals surface area contributed by atoms with E-state index in [-0.39, 0.29) is 48.5 Å². The number of benzene rings is 1. The third kappa shape index (κ3) is 2.55. The topological polar surface area (TPSA) is 63.7 Å². The predicted molar refractivity (Wildman–Crippen MR) is 97.6 cm³/mol. The highest BCUT2D eigenvalue weighted by Crippen LogP contribution is 2.65. The van der Waals surface area contributed by atoms with Gasteiger partial charge in [0, 0.05) is 6.54 Å². The number of allylic oxidation sites excluding steroid dienone is 2. The molecule has 27 heavy (non-hydrogen) atoms. The Hall–Kier alpha value is -2.43. The zero-order chi connectivity index (χ0) is 18.9. The van der Waals surface area contributed by atoms with Crippen LogP contribution in [0.25, 0.3) is 0 Å². The van der Waals surface area contributed by atoms with E-state index in [0.29, 0.717) is 17.6 Å². The summed E-state index contributed by atoms with van der Waals surface area (Å²) in [4.78, 5) is 39.3. The first kappa shape index (κ1) is 16.7. The Morgan fingerprint density at radius 1 is 1.00 bits per heavy atom. The van der Waals surface area contributed by atoms with Gasteiger partial charge in [-0.05, 0) is 67.2 Å². The van der Waals surface area contributed by atoms with Gasteiger partial charge in [0.1, 0.15) is 5.75 Å². The Morgan fingerprint density at radius 3 is 2.11 bits per heavy atom. The van der Waals surface area contributed by atoms with Gasteiger partial charge in [-0.1, -0.05) is 18.2 Å². The lowest BCUT2D eigenvalue weighted by Crippen LogP contribution is -2.40. The fraction of sp³-hybridized carbons (Fsp3) is 0.500. The lowest BCUT2D eigenvalue weighted by molar-refractivity contribution is -0.141. The van der Waals surface area contributed by atoms with Crippen LogP contribution in [0.5, 0.6) is 5.75 Å². The first-order valence-electron chi connectivity index (χ1n) is 9.76. The molecule has 0 aromatic heterocycles. The Labute approximate surface area is 158 Å². The molecule has 2 bridgehead atoms. The number of hydrogen-bond acceptors (Lipinski definition) is 4. The molecular formula is C22H23NO4. The summed E-state index contributed by atoms with van der Waals surface area (Å²) in [5.41, 5.74) is 2.04. The maximum Gasteiger partial charge on any atom is 0.312 e. The van der Waals surface area contributed by atoms with Gasteiger partial charge in [0.2, 0.25) is 11.8 Å². The van der Waals surface area contributed by atoms with E-state index in [9.17, 15) is 14.4 Å². The number of imide groups is 1. The van der Waals surface area contributed by atoms with Crippen molar-refractivity contribution in [1.82, 2.24) is 4.90 Å². The molecule has 0 spiro atoms. The summed E-state index contributed by atoms with van der Waals surface area (Å²) in [6.45, 7) is 4.00. The lowest BCUT2D eigenvalue weighted by Gasteiger charge is -2.37. The summed E-state index contributed by atoms with van der Waals surface area (Å²) >= 11 is 0. The number of carbonyl (C=O) groups is 3. The van der Waals surface area contributed by atoms with Crippen LogP contribution in [0.2, 0.25) is 0 Å². The molecule has 2 saturated carbocycles. The van der Waals surface area contributed by atoms with Crippen molar-refractivity contribution in [1.29, 1.82) is 0 Å². The van der Waals surface area contributed by atoms with Gasteiger partial charge < -0.3 is 4.74 Å². The molecule has 0 radical (unpaired) electrons. The maximum atomic E-state index is 12.9. The standard InChI is InChI=1S/C22H23NO4/c1-11-7-12(2)9-13(8-11)27-18(24)5-6-23-21(25)19-14-3-4-15(17-10-16(14)17)20(19)22(23)26/h3-4,7-9,14-17,19-20H,5-6,10H2,1-2H3/t14-,15-,16-,17-,19-,20+/m0/s1. The summed E-state index contributed by atoms with van der Waals surface area (Å²) in [5, 5.41) is 0. The van der Waals surface area contributed by atoms with Crippen LogP contribution >= 0.6 is 0 Å². The number of rotatable bonds is 4. The lowest BCUT2D eigenvalue weighted by atomic mass is 9.63. The normalized spacial score (nSPS) is 35.3. The molecule has 6 atom stereocenters. The van der Waals surface area contributed by atoms with Crippen molar-refractivity contribution in [2.45, 2.75) is 26.7 Å². The van der Waals surface area contributed by atoms with Crippen LogP contribution in [-0.2, 0) is 14.4 Å². The third-order valence-corrected chi connectivity index (χ3v) is 6.72. The maximum absolute atomic E-state index is 12.9. The second kappa shape index (κ2) is 5.78. The van der Waals surface area contributed by atoms with Gasteiger partial charge in [-0.2, -0.15) is 0 Å². The number of amides is 2. The Balaban J connectivity index is 1.25. The van der Waals surface area contributed by atoms with Crippen molar-refractivity contribution < 1.29 is 19.1 Å². The Bertz CT molecular complexity index is 832. The molecule has 1 aromatic rings. The zero-order valence-corrected chi connectivity index (χ0v) is 15.6. The summed E-state index contributed by atoms with van der Waals surface area (Å²) in [5.74, 6) is 1.12. The van der Waals surface area contributed by atoms with Gasteiger partial charge in [0.15, 0.2) is 0 Å². The number of carbonyl (C=O) groups excluding carboxylic acids is 3. The van der Waals surface area contributed by atoms with Crippen molar-refractivity contribution in [3.05, 3.63) is 41.5 Å². The smallest absolute Gasteiger partial charge is 0.312 e. The van der Waals surface area contributed by atoms with Crippen LogP contribution in [0, 0.1) is 49.4 Å². The van der Waals surface area contributed by atoms with Crippen LogP contribution in [0.1, 0.15) is 24.0 Å². The van der Waals surface area contributed by atoms with E-state index >= 15 is 0 Å². The molecule has 5 aliphatic rings. The van der Waals surface area contributed by atoms with E-state index in [1.165, 1.54) is 4.90 Å². The highest BCUT2D eigenvalue weighted by molar-refractivity contribution is 6.06. The second-order valence-corrected chi connectivity index (χ2v) is 8.53. The van der Waals surface area contributed by atoms with Crippen molar-refractivity contribution in [3.8, 4) is 5.75 Å². The van der Waals surface area contributed by atoms with E-state index < -0.39 is 5.97 Å². The minimum absolute atomic E-state index is 0.0273. The van der Waals surface area contributed by atoms with Crippen LogP contribution in [0.3, 0.4) is 0 Å². The molecule has 5 heteroatoms. The van der Waals surface area contributed by atoms with Crippen molar-refractivity contribution in [2.24, 2.45) is 35.5 Å². The number of hydrogen-bond donors (Lipinski definition) is 0. The van der Waals surface area contributed by atoms with Gasteiger partial charge in [-0.25, -0.2) is 0 Å². The number of ether oxygens (including phenoxy) is 1. The second-order valence-electron chi connectivity index (χ2n) is 8.53. The Kier molecular flexibility index (Phi) is 3.58. The fourth-order valence-electron chi connectivity index (χ4n) is 5.62. The minimum Gasteiger partial charge on any atom is -0.426 e. The van der Waals surface area contributed by atoms with Crippen LogP contribution < -0.4 is 4.74 Å². The van der Waals surface area contributed by atoms with Crippen LogP contribution in [0.4, 0.5) is 0 Å². The molecule has 5 nitrogen and oxygen atoms in total. The highest BCUT2D eigenvalue weighted by atomic mass is 16.5. The summed E-state index contributed by atoms with van der Waals surface area (Å²) in [6.07, 6.45) is 5.49. The van der Waals surface area contributed by atoms with E-state index in [0.717, 1.165) is 17.5 Å². The molecule has 2 amide bonds. The molecule has 0 unspecified atom stereocenters. The van der Waals surface area contributed by atoms with E-state index in [1.807, 2.05) is 19.9 Å². The molecule has 1 saturated heterocycles. The van der Waals surface area contributed by atoms with Gasteiger partial charge in [0.25, 0.3) is 0 Å². The third-order valence-electron chi connectivity index (χ3n) is 6.72. The quantitative estimate of drug-likeness (QED) is 0.356. The van der Waals surface area contributed by atoms with Gasteiger partial charge in [-0.15, -0.1) is 0 Å². The number of esters is 1. The predicted octanol–water partition coefficient (Wildman–Crippen LogP) is 2.65. The molecule has 0 N–H and O–H groups in total. The monoisotopic (exact) mass is 365 g/mol. The Morgan fingerprint density at radius 2 is 1.56 bits per heavy atom. The molecule has 4 aliphatic carbocycles. The highest BCUT2D eigenvalue weighted by Gasteiger charge is 2.66. The van der Waals surface area contributed by atoms with Crippen molar-refractivity contribution in [2.75, 3.05) is 6.54 Å². The largest absolute Gasteiger partial charge is 0.426 e. The van der Waals surface area contributed by atoms with Gasteiger partial charge in [-0.3, -0.25) is 19.3 Å². The number of likely N-dealkylation sites (tertiary alicyclic amines) is 1. The molecule has 3 fully saturated rings. The molecule has 140 valence electrons. The molecule has 1 aromatic carbocycles. The molecule has 1 aliphatic heterocycles. The first-order valence-corrected chi connectivity index (χ1v) is 9.76. The zero-order valence-electron chi connectivity index (χ0n) is 15.6. The number of aryl methyl sites for hydroxylation is 2. The van der Waals surface area contributed by atoms with Crippen molar-refractivity contribution >= 4 is 17.8 Å². The molecule has 6 rings (SSSR count).